The lowest BCUT2D eigenvalue weighted by atomic mass is 10.2. The normalized spacial score (nSPS) is 17.8. The lowest BCUT2D eigenvalue weighted by Gasteiger charge is -2.24. The Morgan fingerprint density at radius 2 is 2.04 bits per heavy atom. The zero-order valence-electron chi connectivity index (χ0n) is 14.9. The lowest BCUT2D eigenvalue weighted by molar-refractivity contribution is -0.130. The van der Waals surface area contributed by atoms with Crippen molar-refractivity contribution in [3.8, 4) is 0 Å². The average molecular weight is 369 g/mol. The van der Waals surface area contributed by atoms with Crippen LogP contribution in [0.25, 0.3) is 0 Å². The number of ether oxygens (including phenoxy) is 1. The van der Waals surface area contributed by atoms with Crippen LogP contribution in [-0.4, -0.2) is 74.2 Å². The number of carbonyl (C=O) groups excluding carboxylic acids is 1. The van der Waals surface area contributed by atoms with Gasteiger partial charge in [-0.25, -0.2) is 8.42 Å². The Labute approximate surface area is 150 Å². The van der Waals surface area contributed by atoms with Gasteiger partial charge in [0.05, 0.1) is 12.4 Å². The summed E-state index contributed by atoms with van der Waals surface area (Å²) in [6, 6.07) is 3.84. The van der Waals surface area contributed by atoms with E-state index in [2.05, 4.69) is 4.98 Å². The zero-order valence-corrected chi connectivity index (χ0v) is 15.7. The number of likely N-dealkylation sites (N-methyl/N-ethyl adjacent to an activating group) is 1. The molecule has 1 amide bonds. The van der Waals surface area contributed by atoms with Crippen molar-refractivity contribution < 1.29 is 17.9 Å². The van der Waals surface area contributed by atoms with Gasteiger partial charge >= 0.3 is 0 Å². The van der Waals surface area contributed by atoms with Crippen molar-refractivity contribution in [2.75, 3.05) is 39.5 Å². The second-order valence-electron chi connectivity index (χ2n) is 6.43. The van der Waals surface area contributed by atoms with Gasteiger partial charge in [0.2, 0.25) is 15.9 Å². The Morgan fingerprint density at radius 3 is 2.64 bits per heavy atom. The van der Waals surface area contributed by atoms with E-state index in [9.17, 15) is 13.2 Å². The van der Waals surface area contributed by atoms with Crippen molar-refractivity contribution in [2.24, 2.45) is 0 Å². The van der Waals surface area contributed by atoms with Crippen LogP contribution in [0.4, 0.5) is 0 Å². The van der Waals surface area contributed by atoms with Gasteiger partial charge in [-0.1, -0.05) is 0 Å². The molecule has 2 heterocycles. The maximum Gasteiger partial charge on any atom is 0.223 e. The van der Waals surface area contributed by atoms with Gasteiger partial charge in [0, 0.05) is 52.1 Å². The number of nitrogens with zero attached hydrogens (tertiary/aromatic N) is 3. The first kappa shape index (κ1) is 19.8. The summed E-state index contributed by atoms with van der Waals surface area (Å²) in [6.07, 6.45) is 7.32. The standard InChI is InChI=1S/C17H27N3O4S/c1-19(11-7-15-5-9-18-10-6-15)17(21)8-12-20(25(2,22)23)14-16-4-3-13-24-16/h5-6,9-10,16H,3-4,7-8,11-14H2,1-2H3. The molecule has 2 rings (SSSR count). The minimum atomic E-state index is -3.35. The van der Waals surface area contributed by atoms with Gasteiger partial charge in [-0.2, -0.15) is 4.31 Å². The summed E-state index contributed by atoms with van der Waals surface area (Å²) in [5, 5.41) is 0. The molecule has 0 N–H and O–H groups in total. The smallest absolute Gasteiger partial charge is 0.223 e. The highest BCUT2D eigenvalue weighted by Gasteiger charge is 2.25. The number of sulfonamides is 1. The molecule has 0 saturated carbocycles. The van der Waals surface area contributed by atoms with Crippen LogP contribution in [0.1, 0.15) is 24.8 Å². The Morgan fingerprint density at radius 1 is 1.32 bits per heavy atom. The minimum Gasteiger partial charge on any atom is -0.377 e. The van der Waals surface area contributed by atoms with E-state index in [1.807, 2.05) is 12.1 Å². The highest BCUT2D eigenvalue weighted by molar-refractivity contribution is 7.88. The SMILES string of the molecule is CN(CCc1ccncc1)C(=O)CCN(CC1CCCO1)S(C)(=O)=O. The molecule has 1 unspecified atom stereocenters. The van der Waals surface area contributed by atoms with E-state index in [0.717, 1.165) is 24.8 Å². The number of hydrogen-bond donors (Lipinski definition) is 0. The maximum absolute atomic E-state index is 12.3. The average Bonchev–Trinajstić information content (AvgIpc) is 3.09. The molecular formula is C17H27N3O4S. The monoisotopic (exact) mass is 369 g/mol. The fourth-order valence-electron chi connectivity index (χ4n) is 2.79. The van der Waals surface area contributed by atoms with Crippen LogP contribution >= 0.6 is 0 Å². The van der Waals surface area contributed by atoms with E-state index in [1.165, 1.54) is 10.6 Å². The molecule has 0 aliphatic carbocycles. The fraction of sp³-hybridized carbons (Fsp3) is 0.647. The van der Waals surface area contributed by atoms with Crippen molar-refractivity contribution in [1.29, 1.82) is 0 Å². The van der Waals surface area contributed by atoms with Gasteiger partial charge in [0.1, 0.15) is 0 Å². The number of aromatic nitrogens is 1. The molecule has 1 aliphatic rings. The van der Waals surface area contributed by atoms with Gasteiger partial charge in [-0.3, -0.25) is 9.78 Å². The van der Waals surface area contributed by atoms with E-state index >= 15 is 0 Å². The van der Waals surface area contributed by atoms with Gasteiger partial charge in [-0.05, 0) is 37.0 Å². The molecule has 1 fully saturated rings. The molecule has 0 bridgehead atoms. The molecule has 1 aromatic heterocycles. The Kier molecular flexibility index (Phi) is 7.34. The third-order valence-corrected chi connectivity index (χ3v) is 5.66. The first-order chi connectivity index (χ1) is 11.9. The quantitative estimate of drug-likeness (QED) is 0.646. The second-order valence-corrected chi connectivity index (χ2v) is 8.41. The fourth-order valence-corrected chi connectivity index (χ4v) is 3.65. The van der Waals surface area contributed by atoms with Crippen molar-refractivity contribution in [3.05, 3.63) is 30.1 Å². The summed E-state index contributed by atoms with van der Waals surface area (Å²) in [7, 11) is -1.61. The number of hydrogen-bond acceptors (Lipinski definition) is 5. The molecule has 7 nitrogen and oxygen atoms in total. The van der Waals surface area contributed by atoms with Crippen LogP contribution in [0, 0.1) is 0 Å². The van der Waals surface area contributed by atoms with Crippen LogP contribution in [0.5, 0.6) is 0 Å². The first-order valence-electron chi connectivity index (χ1n) is 8.56. The number of pyridine rings is 1. The second kappa shape index (κ2) is 9.26. The van der Waals surface area contributed by atoms with E-state index in [4.69, 9.17) is 4.74 Å². The van der Waals surface area contributed by atoms with Crippen molar-refractivity contribution in [3.63, 3.8) is 0 Å². The molecule has 0 radical (unpaired) electrons. The summed E-state index contributed by atoms with van der Waals surface area (Å²) in [5.41, 5.74) is 1.12. The lowest BCUT2D eigenvalue weighted by Crippen LogP contribution is -2.39. The zero-order chi connectivity index (χ0) is 18.3. The highest BCUT2D eigenvalue weighted by Crippen LogP contribution is 2.15. The third-order valence-electron chi connectivity index (χ3n) is 4.39. The number of rotatable bonds is 9. The predicted octanol–water partition coefficient (Wildman–Crippen LogP) is 0.913. The molecule has 1 aromatic rings. The van der Waals surface area contributed by atoms with E-state index in [-0.39, 0.29) is 25.0 Å². The highest BCUT2D eigenvalue weighted by atomic mass is 32.2. The molecule has 0 spiro atoms. The molecule has 25 heavy (non-hydrogen) atoms. The summed E-state index contributed by atoms with van der Waals surface area (Å²) in [4.78, 5) is 17.9. The molecule has 1 saturated heterocycles. The molecule has 140 valence electrons. The van der Waals surface area contributed by atoms with Gasteiger partial charge in [-0.15, -0.1) is 0 Å². The van der Waals surface area contributed by atoms with Crippen LogP contribution in [0.15, 0.2) is 24.5 Å². The Hall–Kier alpha value is -1.51. The van der Waals surface area contributed by atoms with Crippen LogP contribution in [-0.2, 0) is 26.0 Å². The van der Waals surface area contributed by atoms with Gasteiger partial charge in [0.15, 0.2) is 0 Å². The largest absolute Gasteiger partial charge is 0.377 e. The summed E-state index contributed by atoms with van der Waals surface area (Å²) < 4.78 is 30.8. The van der Waals surface area contributed by atoms with Gasteiger partial charge in [0.25, 0.3) is 0 Å². The summed E-state index contributed by atoms with van der Waals surface area (Å²) in [5.74, 6) is -0.0601. The molecular weight excluding hydrogens is 342 g/mol. The Bertz CT molecular complexity index is 645. The van der Waals surface area contributed by atoms with E-state index < -0.39 is 10.0 Å². The van der Waals surface area contributed by atoms with Crippen molar-refractivity contribution in [1.82, 2.24) is 14.2 Å². The molecule has 1 atom stereocenters. The summed E-state index contributed by atoms with van der Waals surface area (Å²) in [6.45, 7) is 1.79. The summed E-state index contributed by atoms with van der Waals surface area (Å²) >= 11 is 0. The maximum atomic E-state index is 12.3. The topological polar surface area (TPSA) is 79.8 Å². The van der Waals surface area contributed by atoms with Crippen LogP contribution in [0.3, 0.4) is 0 Å². The van der Waals surface area contributed by atoms with Gasteiger partial charge < -0.3 is 9.64 Å². The van der Waals surface area contributed by atoms with E-state index in [1.54, 1.807) is 24.3 Å². The first-order valence-corrected chi connectivity index (χ1v) is 10.4. The number of amides is 1. The van der Waals surface area contributed by atoms with Crippen LogP contribution in [0.2, 0.25) is 0 Å². The minimum absolute atomic E-state index is 0.0601. The predicted molar refractivity (Wildman–Crippen MR) is 95.6 cm³/mol. The van der Waals surface area contributed by atoms with Crippen LogP contribution < -0.4 is 0 Å². The van der Waals surface area contributed by atoms with E-state index in [0.29, 0.717) is 19.7 Å². The Balaban J connectivity index is 1.80. The van der Waals surface area contributed by atoms with Crippen molar-refractivity contribution >= 4 is 15.9 Å². The number of carbonyl (C=O) groups is 1. The third kappa shape index (κ3) is 6.72. The molecule has 8 heteroatoms. The molecule has 1 aliphatic heterocycles. The molecule has 0 aromatic carbocycles. The van der Waals surface area contributed by atoms with Crippen molar-refractivity contribution in [2.45, 2.75) is 31.8 Å².